The van der Waals surface area contributed by atoms with Crippen LogP contribution >= 0.6 is 15.9 Å². The second-order valence-corrected chi connectivity index (χ2v) is 8.34. The summed E-state index contributed by atoms with van der Waals surface area (Å²) in [5.74, 6) is -0.239. The van der Waals surface area contributed by atoms with Gasteiger partial charge in [-0.05, 0) is 48.4 Å². The molecule has 0 bridgehead atoms. The van der Waals surface area contributed by atoms with Gasteiger partial charge in [-0.3, -0.25) is 0 Å². The van der Waals surface area contributed by atoms with Gasteiger partial charge in [-0.25, -0.2) is 4.39 Å². The molecule has 1 aliphatic rings. The van der Waals surface area contributed by atoms with Crippen LogP contribution in [0.5, 0.6) is 0 Å². The van der Waals surface area contributed by atoms with Crippen LogP contribution in [0, 0.1) is 11.2 Å². The number of hydrogen-bond acceptors (Lipinski definition) is 3. The number of benzene rings is 3. The first-order valence-electron chi connectivity index (χ1n) is 9.77. The molecule has 0 saturated carbocycles. The fraction of sp³-hybridized carbons (Fsp3) is 0.250. The summed E-state index contributed by atoms with van der Waals surface area (Å²) in [4.78, 5) is 0. The number of hydrogen-bond donors (Lipinski definition) is 2. The van der Waals surface area contributed by atoms with E-state index in [9.17, 15) is 4.39 Å². The van der Waals surface area contributed by atoms with E-state index in [1.807, 2.05) is 6.07 Å². The average molecular weight is 455 g/mol. The molecule has 0 atom stereocenters. The second kappa shape index (κ2) is 8.97. The molecule has 0 amide bonds. The molecule has 5 heteroatoms. The summed E-state index contributed by atoms with van der Waals surface area (Å²) < 4.78 is 18.7. The Morgan fingerprint density at radius 2 is 1.66 bits per heavy atom. The molecule has 1 fully saturated rings. The summed E-state index contributed by atoms with van der Waals surface area (Å²) in [5, 5.41) is 8.00. The fourth-order valence-corrected chi connectivity index (χ4v) is 4.39. The van der Waals surface area contributed by atoms with Crippen molar-refractivity contribution in [2.45, 2.75) is 6.42 Å². The lowest BCUT2D eigenvalue weighted by molar-refractivity contribution is -0.105. The van der Waals surface area contributed by atoms with Gasteiger partial charge in [-0.15, -0.1) is 0 Å². The highest BCUT2D eigenvalue weighted by atomic mass is 79.9. The molecule has 3 nitrogen and oxygen atoms in total. The van der Waals surface area contributed by atoms with E-state index in [-0.39, 0.29) is 11.2 Å². The molecule has 1 aliphatic heterocycles. The van der Waals surface area contributed by atoms with Crippen molar-refractivity contribution in [2.75, 3.05) is 35.7 Å². The van der Waals surface area contributed by atoms with Gasteiger partial charge in [0.2, 0.25) is 0 Å². The van der Waals surface area contributed by atoms with E-state index in [2.05, 4.69) is 69.0 Å². The van der Waals surface area contributed by atoms with Crippen LogP contribution in [-0.2, 0) is 4.74 Å². The monoisotopic (exact) mass is 454 g/mol. The minimum Gasteiger partial charge on any atom is -0.384 e. The van der Waals surface area contributed by atoms with Crippen LogP contribution < -0.4 is 10.6 Å². The van der Waals surface area contributed by atoms with E-state index in [1.54, 1.807) is 12.1 Å². The maximum atomic E-state index is 13.2. The molecular formula is C24H24BrFN2O. The largest absolute Gasteiger partial charge is 0.384 e. The zero-order valence-electron chi connectivity index (χ0n) is 16.1. The Labute approximate surface area is 179 Å². The molecule has 2 N–H and O–H groups in total. The Hall–Kier alpha value is -2.37. The number of rotatable bonds is 8. The summed E-state index contributed by atoms with van der Waals surface area (Å²) in [6.07, 6.45) is 1.08. The van der Waals surface area contributed by atoms with Gasteiger partial charge in [0.25, 0.3) is 0 Å². The van der Waals surface area contributed by atoms with Crippen molar-refractivity contribution in [3.05, 3.63) is 78.6 Å². The molecule has 0 unspecified atom stereocenters. The normalized spacial score (nSPS) is 14.8. The zero-order valence-corrected chi connectivity index (χ0v) is 17.7. The van der Waals surface area contributed by atoms with E-state index in [1.165, 1.54) is 17.7 Å². The molecule has 0 spiro atoms. The molecular weight excluding hydrogens is 431 g/mol. The highest BCUT2D eigenvalue weighted by molar-refractivity contribution is 9.09. The predicted molar refractivity (Wildman–Crippen MR) is 122 cm³/mol. The molecule has 29 heavy (non-hydrogen) atoms. The number of alkyl halides is 1. The summed E-state index contributed by atoms with van der Waals surface area (Å²) in [5.41, 5.74) is 5.39. The Morgan fingerprint density at radius 3 is 2.31 bits per heavy atom. The van der Waals surface area contributed by atoms with Crippen LogP contribution in [-0.4, -0.2) is 25.1 Å². The third-order valence-electron chi connectivity index (χ3n) is 5.33. The number of nitrogens with one attached hydrogen (secondary N) is 2. The van der Waals surface area contributed by atoms with Crippen LogP contribution in [0.15, 0.2) is 72.8 Å². The topological polar surface area (TPSA) is 33.3 Å². The van der Waals surface area contributed by atoms with Gasteiger partial charge < -0.3 is 15.4 Å². The summed E-state index contributed by atoms with van der Waals surface area (Å²) in [6.45, 7) is 2.44. The second-order valence-electron chi connectivity index (χ2n) is 7.54. The number of halogens is 2. The average Bonchev–Trinajstić information content (AvgIpc) is 2.72. The Morgan fingerprint density at radius 1 is 0.931 bits per heavy atom. The van der Waals surface area contributed by atoms with E-state index in [4.69, 9.17) is 4.74 Å². The molecule has 0 aromatic heterocycles. The van der Waals surface area contributed by atoms with E-state index >= 15 is 0 Å². The lowest BCUT2D eigenvalue weighted by Gasteiger charge is -2.41. The van der Waals surface area contributed by atoms with Crippen LogP contribution in [0.2, 0.25) is 0 Å². The van der Waals surface area contributed by atoms with Gasteiger partial charge in [0, 0.05) is 39.9 Å². The Kier molecular flexibility index (Phi) is 6.16. The maximum absolute atomic E-state index is 13.2. The minimum atomic E-state index is -0.239. The van der Waals surface area contributed by atoms with Crippen molar-refractivity contribution in [3.63, 3.8) is 0 Å². The van der Waals surface area contributed by atoms with E-state index in [0.717, 1.165) is 54.1 Å². The lowest BCUT2D eigenvalue weighted by atomic mass is 9.83. The van der Waals surface area contributed by atoms with Crippen LogP contribution in [0.4, 0.5) is 21.5 Å². The van der Waals surface area contributed by atoms with Crippen molar-refractivity contribution in [1.82, 2.24) is 0 Å². The molecule has 1 saturated heterocycles. The van der Waals surface area contributed by atoms with Gasteiger partial charge >= 0.3 is 0 Å². The van der Waals surface area contributed by atoms with Gasteiger partial charge in [0.15, 0.2) is 0 Å². The Balaban J connectivity index is 1.60. The molecule has 3 aromatic carbocycles. The fourth-order valence-electron chi connectivity index (χ4n) is 3.55. The van der Waals surface area contributed by atoms with Crippen LogP contribution in [0.3, 0.4) is 0 Å². The summed E-state index contributed by atoms with van der Waals surface area (Å²) in [6, 6.07) is 23.1. The smallest absolute Gasteiger partial charge is 0.123 e. The van der Waals surface area contributed by atoms with Gasteiger partial charge in [-0.1, -0.05) is 52.3 Å². The summed E-state index contributed by atoms with van der Waals surface area (Å²) >= 11 is 3.57. The first kappa shape index (κ1) is 19.9. The first-order chi connectivity index (χ1) is 14.2. The highest BCUT2D eigenvalue weighted by Crippen LogP contribution is 2.36. The van der Waals surface area contributed by atoms with Crippen molar-refractivity contribution in [2.24, 2.45) is 5.41 Å². The van der Waals surface area contributed by atoms with E-state index < -0.39 is 0 Å². The first-order valence-corrected chi connectivity index (χ1v) is 10.9. The van der Waals surface area contributed by atoms with Crippen LogP contribution in [0.1, 0.15) is 6.42 Å². The quantitative estimate of drug-likeness (QED) is 0.383. The SMILES string of the molecule is Fc1ccc(Nc2ccc(-c3ccccc3)c(NCC3(CCBr)COC3)c2)cc1. The minimum absolute atomic E-state index is 0.178. The third kappa shape index (κ3) is 4.80. The molecule has 0 radical (unpaired) electrons. The maximum Gasteiger partial charge on any atom is 0.123 e. The number of ether oxygens (including phenoxy) is 1. The van der Waals surface area contributed by atoms with Crippen molar-refractivity contribution in [3.8, 4) is 11.1 Å². The third-order valence-corrected chi connectivity index (χ3v) is 5.73. The Bertz CT molecular complexity index is 943. The molecule has 1 heterocycles. The molecule has 0 aliphatic carbocycles. The standard InChI is InChI=1S/C24H24BrFN2O/c25-13-12-24(16-29-17-24)15-27-23-14-21(28-20-8-6-19(26)7-9-20)10-11-22(23)18-4-2-1-3-5-18/h1-11,14,27-28H,12-13,15-17H2. The highest BCUT2D eigenvalue weighted by Gasteiger charge is 2.37. The van der Waals surface area contributed by atoms with Crippen LogP contribution in [0.25, 0.3) is 11.1 Å². The van der Waals surface area contributed by atoms with Gasteiger partial charge in [0.05, 0.1) is 13.2 Å². The molecule has 4 rings (SSSR count). The summed E-state index contributed by atoms with van der Waals surface area (Å²) in [7, 11) is 0. The van der Waals surface area contributed by atoms with Crippen molar-refractivity contribution < 1.29 is 9.13 Å². The molecule has 150 valence electrons. The van der Waals surface area contributed by atoms with Crippen molar-refractivity contribution >= 4 is 33.0 Å². The van der Waals surface area contributed by atoms with E-state index in [0.29, 0.717) is 0 Å². The van der Waals surface area contributed by atoms with Crippen molar-refractivity contribution in [1.29, 1.82) is 0 Å². The lowest BCUT2D eigenvalue weighted by Crippen LogP contribution is -2.48. The van der Waals surface area contributed by atoms with Gasteiger partial charge in [-0.2, -0.15) is 0 Å². The van der Waals surface area contributed by atoms with Gasteiger partial charge in [0.1, 0.15) is 5.82 Å². The number of anilines is 3. The predicted octanol–water partition coefficient (Wildman–Crippen LogP) is 6.45. The zero-order chi connectivity index (χ0) is 20.1. The molecule has 3 aromatic rings.